The van der Waals surface area contributed by atoms with Gasteiger partial charge in [-0.05, 0) is 88.3 Å². The molecule has 2 aromatic carbocycles. The molecule has 0 unspecified atom stereocenters. The summed E-state index contributed by atoms with van der Waals surface area (Å²) in [7, 11) is -1.49. The largest absolute Gasteiger partial charge is 0.324 e. The van der Waals surface area contributed by atoms with Crippen LogP contribution in [0.1, 0.15) is 28.4 Å². The van der Waals surface area contributed by atoms with Crippen LogP contribution >= 0.6 is 11.3 Å². The van der Waals surface area contributed by atoms with Crippen molar-refractivity contribution in [2.24, 2.45) is 0 Å². The van der Waals surface area contributed by atoms with Crippen molar-refractivity contribution in [1.82, 2.24) is 24.2 Å². The Hall–Kier alpha value is -3.25. The van der Waals surface area contributed by atoms with Crippen molar-refractivity contribution in [1.29, 1.82) is 0 Å². The molecule has 5 rings (SSSR count). The first-order chi connectivity index (χ1) is 18.7. The second kappa shape index (κ2) is 11.5. The van der Waals surface area contributed by atoms with E-state index in [1.54, 1.807) is 64.3 Å². The number of thiazole rings is 1. The Morgan fingerprint density at radius 1 is 1.03 bits per heavy atom. The summed E-state index contributed by atoms with van der Waals surface area (Å²) in [6.45, 7) is 5.87. The first-order valence-electron chi connectivity index (χ1n) is 12.8. The predicted octanol–water partition coefficient (Wildman–Crippen LogP) is 5.38. The molecule has 204 valence electrons. The average Bonchev–Trinajstić information content (AvgIpc) is 3.25. The highest BCUT2D eigenvalue weighted by molar-refractivity contribution is 7.89. The summed E-state index contributed by atoms with van der Waals surface area (Å²) < 4.78 is 41.5. The van der Waals surface area contributed by atoms with Crippen molar-refractivity contribution >= 4 is 33.0 Å². The van der Waals surface area contributed by atoms with Gasteiger partial charge in [-0.2, -0.15) is 4.31 Å². The molecule has 4 aromatic rings. The van der Waals surface area contributed by atoms with E-state index in [9.17, 15) is 12.8 Å². The lowest BCUT2D eigenvalue weighted by Gasteiger charge is -2.36. The van der Waals surface area contributed by atoms with Gasteiger partial charge in [0.2, 0.25) is 16.0 Å². The third-order valence-electron chi connectivity index (χ3n) is 6.98. The second-order valence-corrected chi connectivity index (χ2v) is 12.9. The van der Waals surface area contributed by atoms with E-state index < -0.39 is 10.0 Å². The molecule has 2 aromatic heterocycles. The summed E-state index contributed by atoms with van der Waals surface area (Å²) in [5.74, 6) is 0.0530. The molecule has 1 aliphatic rings. The number of sulfonamides is 1. The predicted molar refractivity (Wildman–Crippen MR) is 152 cm³/mol. The molecule has 0 spiro atoms. The maximum atomic E-state index is 13.3. The van der Waals surface area contributed by atoms with Gasteiger partial charge >= 0.3 is 0 Å². The van der Waals surface area contributed by atoms with Crippen LogP contribution in [-0.2, 0) is 16.6 Å². The fraction of sp³-hybridized carbons (Fsp3) is 0.321. The molecule has 0 aliphatic carbocycles. The fourth-order valence-corrected chi connectivity index (χ4v) is 7.26. The molecule has 1 fully saturated rings. The molecule has 39 heavy (non-hydrogen) atoms. The first-order valence-corrected chi connectivity index (χ1v) is 15.0. The minimum atomic E-state index is -3.59. The quantitative estimate of drug-likeness (QED) is 0.306. The number of nitrogens with one attached hydrogen (secondary N) is 1. The van der Waals surface area contributed by atoms with Crippen LogP contribution in [0.4, 0.5) is 16.0 Å². The number of nitrogens with zero attached hydrogens (tertiary/aromatic N) is 5. The molecule has 0 saturated carbocycles. The van der Waals surface area contributed by atoms with E-state index in [-0.39, 0.29) is 10.7 Å². The number of aromatic nitrogens is 3. The van der Waals surface area contributed by atoms with E-state index in [4.69, 9.17) is 0 Å². The third-order valence-corrected chi connectivity index (χ3v) is 9.95. The standard InChI is InChI=1S/C28H31FN6O2S2/c1-19-27(38-20(2)31-19)18-34(3)24-13-16-35(17-14-24)39(36,37)25-10-8-23(9-11-25)32-28-30-15-12-26(33-28)21-4-6-22(29)7-5-21/h4-12,15,24H,13-14,16-18H2,1-3H3,(H,30,32,33). The van der Waals surface area contributed by atoms with Gasteiger partial charge in [-0.15, -0.1) is 11.3 Å². The normalized spacial score (nSPS) is 15.1. The van der Waals surface area contributed by atoms with Gasteiger partial charge in [-0.25, -0.2) is 27.8 Å². The number of hydrogen-bond donors (Lipinski definition) is 1. The summed E-state index contributed by atoms with van der Waals surface area (Å²) in [5.41, 5.74) is 3.17. The Labute approximate surface area is 232 Å². The lowest BCUT2D eigenvalue weighted by Crippen LogP contribution is -2.45. The van der Waals surface area contributed by atoms with Crippen LogP contribution in [0.5, 0.6) is 0 Å². The summed E-state index contributed by atoms with van der Waals surface area (Å²) in [6, 6.07) is 14.8. The summed E-state index contributed by atoms with van der Waals surface area (Å²) in [4.78, 5) is 17.1. The Kier molecular flexibility index (Phi) is 8.03. The summed E-state index contributed by atoms with van der Waals surface area (Å²) >= 11 is 1.73. The van der Waals surface area contributed by atoms with E-state index in [2.05, 4.69) is 32.2 Å². The number of hydrogen-bond acceptors (Lipinski definition) is 8. The molecular formula is C28H31FN6O2S2. The Bertz CT molecular complexity index is 1530. The zero-order valence-corrected chi connectivity index (χ0v) is 23.8. The van der Waals surface area contributed by atoms with E-state index in [0.29, 0.717) is 36.5 Å². The number of benzene rings is 2. The van der Waals surface area contributed by atoms with Gasteiger partial charge in [0.1, 0.15) is 5.82 Å². The molecule has 0 bridgehead atoms. The summed E-state index contributed by atoms with van der Waals surface area (Å²) in [6.07, 6.45) is 3.19. The molecule has 8 nitrogen and oxygen atoms in total. The topological polar surface area (TPSA) is 91.3 Å². The van der Waals surface area contributed by atoms with E-state index in [1.165, 1.54) is 17.0 Å². The average molecular weight is 567 g/mol. The van der Waals surface area contributed by atoms with Crippen LogP contribution in [0.2, 0.25) is 0 Å². The van der Waals surface area contributed by atoms with Crippen molar-refractivity contribution in [3.8, 4) is 11.3 Å². The lowest BCUT2D eigenvalue weighted by molar-refractivity contribution is 0.163. The minimum absolute atomic E-state index is 0.261. The zero-order valence-electron chi connectivity index (χ0n) is 22.1. The molecule has 3 heterocycles. The monoisotopic (exact) mass is 566 g/mol. The molecule has 1 aliphatic heterocycles. The highest BCUT2D eigenvalue weighted by atomic mass is 32.2. The van der Waals surface area contributed by atoms with Gasteiger partial charge in [0.15, 0.2) is 0 Å². The highest BCUT2D eigenvalue weighted by Gasteiger charge is 2.31. The fourth-order valence-electron chi connectivity index (χ4n) is 4.79. The Morgan fingerprint density at radius 3 is 2.36 bits per heavy atom. The highest BCUT2D eigenvalue weighted by Crippen LogP contribution is 2.27. The number of aryl methyl sites for hydroxylation is 2. The van der Waals surface area contributed by atoms with Gasteiger partial charge in [-0.1, -0.05) is 0 Å². The van der Waals surface area contributed by atoms with Gasteiger partial charge in [-0.3, -0.25) is 4.90 Å². The maximum Gasteiger partial charge on any atom is 0.243 e. The Morgan fingerprint density at radius 2 is 1.72 bits per heavy atom. The maximum absolute atomic E-state index is 13.3. The number of rotatable bonds is 8. The van der Waals surface area contributed by atoms with Crippen LogP contribution in [0.25, 0.3) is 11.3 Å². The lowest BCUT2D eigenvalue weighted by atomic mass is 10.1. The number of halogens is 1. The second-order valence-electron chi connectivity index (χ2n) is 9.71. The van der Waals surface area contributed by atoms with E-state index in [1.807, 2.05) is 13.8 Å². The SMILES string of the molecule is Cc1nc(C)c(CN(C)C2CCN(S(=O)(=O)c3ccc(Nc4nccc(-c5ccc(F)cc5)n4)cc3)CC2)s1. The van der Waals surface area contributed by atoms with Gasteiger partial charge in [0.05, 0.1) is 21.3 Å². The molecular weight excluding hydrogens is 535 g/mol. The number of anilines is 2. The molecule has 1 N–H and O–H groups in total. The molecule has 0 radical (unpaired) electrons. The molecule has 1 saturated heterocycles. The van der Waals surface area contributed by atoms with Crippen LogP contribution in [-0.4, -0.2) is 58.8 Å². The van der Waals surface area contributed by atoms with E-state index >= 15 is 0 Å². The minimum Gasteiger partial charge on any atom is -0.324 e. The van der Waals surface area contributed by atoms with Crippen LogP contribution < -0.4 is 5.32 Å². The van der Waals surface area contributed by atoms with Crippen molar-refractivity contribution in [3.05, 3.63) is 82.2 Å². The smallest absolute Gasteiger partial charge is 0.243 e. The third kappa shape index (κ3) is 6.33. The van der Waals surface area contributed by atoms with Crippen LogP contribution in [0.3, 0.4) is 0 Å². The van der Waals surface area contributed by atoms with Gasteiger partial charge < -0.3 is 5.32 Å². The van der Waals surface area contributed by atoms with Crippen LogP contribution in [0.15, 0.2) is 65.7 Å². The Balaban J connectivity index is 1.20. The van der Waals surface area contributed by atoms with E-state index in [0.717, 1.165) is 35.7 Å². The zero-order chi connectivity index (χ0) is 27.6. The summed E-state index contributed by atoms with van der Waals surface area (Å²) in [5, 5.41) is 4.19. The van der Waals surface area contributed by atoms with Crippen molar-refractivity contribution in [2.75, 3.05) is 25.5 Å². The number of piperidine rings is 1. The molecule has 11 heteroatoms. The van der Waals surface area contributed by atoms with Crippen molar-refractivity contribution in [2.45, 2.75) is 44.2 Å². The van der Waals surface area contributed by atoms with Crippen LogP contribution in [0, 0.1) is 19.7 Å². The molecule has 0 amide bonds. The molecule has 0 atom stereocenters. The van der Waals surface area contributed by atoms with Gasteiger partial charge in [0, 0.05) is 48.0 Å². The van der Waals surface area contributed by atoms with Crippen molar-refractivity contribution < 1.29 is 12.8 Å². The van der Waals surface area contributed by atoms with Gasteiger partial charge in [0.25, 0.3) is 0 Å². The first kappa shape index (κ1) is 27.3. The van der Waals surface area contributed by atoms with Crippen molar-refractivity contribution in [3.63, 3.8) is 0 Å².